The lowest BCUT2D eigenvalue weighted by molar-refractivity contribution is -0.380. The molecule has 1 aliphatic rings. The van der Waals surface area contributed by atoms with E-state index >= 15 is 0 Å². The highest BCUT2D eigenvalue weighted by Gasteiger charge is 2.24. The lowest BCUT2D eigenvalue weighted by atomic mass is 10.1. The summed E-state index contributed by atoms with van der Waals surface area (Å²) in [6, 6.07) is 2.23. The quantitative estimate of drug-likeness (QED) is 0.600. The highest BCUT2D eigenvalue weighted by Crippen LogP contribution is 2.34. The molecule has 1 atom stereocenters. The van der Waals surface area contributed by atoms with E-state index in [4.69, 9.17) is 0 Å². The number of rotatable bonds is 7. The van der Waals surface area contributed by atoms with Crippen LogP contribution in [-0.4, -0.2) is 11.0 Å². The molecule has 0 spiro atoms. The minimum absolute atomic E-state index is 0.233. The molecule has 0 radical (unpaired) electrons. The van der Waals surface area contributed by atoms with Crippen LogP contribution in [0.1, 0.15) is 38.2 Å². The number of thiophene rings is 1. The Morgan fingerprint density at radius 1 is 1.65 bits per heavy atom. The molecule has 1 aliphatic carbocycles. The minimum atomic E-state index is -0.324. The molecule has 1 fully saturated rings. The minimum Gasteiger partial charge on any atom is -0.310 e. The van der Waals surface area contributed by atoms with Gasteiger partial charge in [0, 0.05) is 24.0 Å². The number of nitrogens with one attached hydrogen (secondary N) is 1. The molecule has 1 heterocycles. The molecule has 0 saturated heterocycles. The Morgan fingerprint density at radius 2 is 2.41 bits per heavy atom. The number of nitrogens with zero attached hydrogens (tertiary/aromatic N) is 1. The molecule has 1 aromatic heterocycles. The smallest absolute Gasteiger partial charge is 0.310 e. The van der Waals surface area contributed by atoms with Gasteiger partial charge < -0.3 is 5.32 Å². The van der Waals surface area contributed by atoms with Crippen molar-refractivity contribution >= 4 is 16.3 Å². The molecule has 1 N–H and O–H groups in total. The standard InChI is InChI=1S/C12H18N2O2S/c1-2-11(5-9-3-4-9)13-7-10-6-12(14(15)16)17-8-10/h6,8-9,11,13H,2-5,7H2,1H3. The highest BCUT2D eigenvalue weighted by atomic mass is 32.1. The first kappa shape index (κ1) is 12.5. The molecule has 0 aromatic carbocycles. The second-order valence-corrected chi connectivity index (χ2v) is 5.61. The Morgan fingerprint density at radius 3 is 2.94 bits per heavy atom. The molecule has 0 bridgehead atoms. The summed E-state index contributed by atoms with van der Waals surface area (Å²) in [6.45, 7) is 2.94. The topological polar surface area (TPSA) is 55.2 Å². The van der Waals surface area contributed by atoms with E-state index in [1.54, 1.807) is 6.07 Å². The summed E-state index contributed by atoms with van der Waals surface area (Å²) in [5, 5.41) is 16.2. The summed E-state index contributed by atoms with van der Waals surface area (Å²) in [6.07, 6.45) is 5.13. The van der Waals surface area contributed by atoms with Crippen LogP contribution in [0.2, 0.25) is 0 Å². The van der Waals surface area contributed by atoms with Crippen LogP contribution in [0, 0.1) is 16.0 Å². The van der Waals surface area contributed by atoms with Gasteiger partial charge in [-0.05, 0) is 24.3 Å². The van der Waals surface area contributed by atoms with Crippen LogP contribution in [0.25, 0.3) is 0 Å². The average Bonchev–Trinajstić information content (AvgIpc) is 2.99. The number of nitro groups is 1. The molecule has 17 heavy (non-hydrogen) atoms. The van der Waals surface area contributed by atoms with Crippen molar-refractivity contribution in [2.45, 2.75) is 45.2 Å². The Balaban J connectivity index is 1.80. The Hall–Kier alpha value is -0.940. The van der Waals surface area contributed by atoms with Gasteiger partial charge in [-0.1, -0.05) is 31.1 Å². The maximum Gasteiger partial charge on any atom is 0.324 e. The maximum atomic E-state index is 10.6. The molecular weight excluding hydrogens is 236 g/mol. The van der Waals surface area contributed by atoms with Crippen molar-refractivity contribution in [2.24, 2.45) is 5.92 Å². The van der Waals surface area contributed by atoms with E-state index in [-0.39, 0.29) is 9.92 Å². The van der Waals surface area contributed by atoms with E-state index in [0.29, 0.717) is 6.04 Å². The molecule has 0 aliphatic heterocycles. The molecule has 1 saturated carbocycles. The number of hydrogen-bond acceptors (Lipinski definition) is 4. The van der Waals surface area contributed by atoms with Crippen LogP contribution in [-0.2, 0) is 6.54 Å². The lowest BCUT2D eigenvalue weighted by Crippen LogP contribution is -2.28. The zero-order valence-corrected chi connectivity index (χ0v) is 10.8. The zero-order chi connectivity index (χ0) is 12.3. The summed E-state index contributed by atoms with van der Waals surface area (Å²) in [5.41, 5.74) is 1.02. The van der Waals surface area contributed by atoms with Crippen molar-refractivity contribution in [1.82, 2.24) is 5.32 Å². The van der Waals surface area contributed by atoms with Gasteiger partial charge in [0.25, 0.3) is 0 Å². The molecule has 4 nitrogen and oxygen atoms in total. The van der Waals surface area contributed by atoms with Gasteiger partial charge in [0.05, 0.1) is 4.92 Å². The first-order valence-corrected chi connectivity index (χ1v) is 7.02. The Bertz CT molecular complexity index is 388. The van der Waals surface area contributed by atoms with E-state index in [1.165, 1.54) is 30.6 Å². The van der Waals surface area contributed by atoms with Crippen molar-refractivity contribution in [1.29, 1.82) is 0 Å². The van der Waals surface area contributed by atoms with Gasteiger partial charge in [0.15, 0.2) is 0 Å². The second kappa shape index (κ2) is 5.60. The predicted molar refractivity (Wildman–Crippen MR) is 69.2 cm³/mol. The van der Waals surface area contributed by atoms with Crippen LogP contribution in [0.4, 0.5) is 5.00 Å². The van der Waals surface area contributed by atoms with Gasteiger partial charge in [0.1, 0.15) is 0 Å². The first-order chi connectivity index (χ1) is 8.19. The molecule has 2 rings (SSSR count). The molecule has 1 aromatic rings. The number of hydrogen-bond donors (Lipinski definition) is 1. The fourth-order valence-electron chi connectivity index (χ4n) is 1.96. The van der Waals surface area contributed by atoms with Gasteiger partial charge in [-0.25, -0.2) is 0 Å². The largest absolute Gasteiger partial charge is 0.324 e. The molecule has 0 amide bonds. The fourth-order valence-corrected chi connectivity index (χ4v) is 2.69. The van der Waals surface area contributed by atoms with Crippen LogP contribution < -0.4 is 5.32 Å². The monoisotopic (exact) mass is 254 g/mol. The molecule has 1 unspecified atom stereocenters. The van der Waals surface area contributed by atoms with Gasteiger partial charge in [-0.2, -0.15) is 0 Å². The van der Waals surface area contributed by atoms with Crippen LogP contribution in [0.5, 0.6) is 0 Å². The zero-order valence-electron chi connectivity index (χ0n) is 10.0. The summed E-state index contributed by atoms with van der Waals surface area (Å²) in [4.78, 5) is 10.2. The molecule has 5 heteroatoms. The average molecular weight is 254 g/mol. The maximum absolute atomic E-state index is 10.6. The highest BCUT2D eigenvalue weighted by molar-refractivity contribution is 7.13. The SMILES string of the molecule is CCC(CC1CC1)NCc1csc([N+](=O)[O-])c1. The van der Waals surface area contributed by atoms with Crippen LogP contribution >= 0.6 is 11.3 Å². The Labute approximate surface area is 105 Å². The summed E-state index contributed by atoms with van der Waals surface area (Å²) in [7, 11) is 0. The van der Waals surface area contributed by atoms with Crippen molar-refractivity contribution in [3.63, 3.8) is 0 Å². The third-order valence-corrected chi connectivity index (χ3v) is 4.15. The molecule has 94 valence electrons. The van der Waals surface area contributed by atoms with Gasteiger partial charge in [0.2, 0.25) is 0 Å². The van der Waals surface area contributed by atoms with Crippen molar-refractivity contribution < 1.29 is 4.92 Å². The lowest BCUT2D eigenvalue weighted by Gasteiger charge is -2.15. The first-order valence-electron chi connectivity index (χ1n) is 6.14. The third kappa shape index (κ3) is 3.78. The van der Waals surface area contributed by atoms with E-state index in [2.05, 4.69) is 12.2 Å². The van der Waals surface area contributed by atoms with E-state index in [1.807, 2.05) is 5.38 Å². The van der Waals surface area contributed by atoms with Crippen molar-refractivity contribution in [3.05, 3.63) is 27.1 Å². The van der Waals surface area contributed by atoms with Crippen molar-refractivity contribution in [2.75, 3.05) is 0 Å². The van der Waals surface area contributed by atoms with Gasteiger partial charge >= 0.3 is 5.00 Å². The predicted octanol–water partition coefficient (Wildman–Crippen LogP) is 3.32. The normalized spacial score (nSPS) is 17.0. The summed E-state index contributed by atoms with van der Waals surface area (Å²) in [5.74, 6) is 0.921. The molecular formula is C12H18N2O2S. The van der Waals surface area contributed by atoms with E-state index in [0.717, 1.165) is 24.4 Å². The van der Waals surface area contributed by atoms with Crippen LogP contribution in [0.3, 0.4) is 0 Å². The fraction of sp³-hybridized carbons (Fsp3) is 0.667. The van der Waals surface area contributed by atoms with Gasteiger partial charge in [-0.15, -0.1) is 0 Å². The summed E-state index contributed by atoms with van der Waals surface area (Å²) >= 11 is 1.20. The summed E-state index contributed by atoms with van der Waals surface area (Å²) < 4.78 is 0. The Kier molecular flexibility index (Phi) is 4.12. The third-order valence-electron chi connectivity index (χ3n) is 3.22. The van der Waals surface area contributed by atoms with Gasteiger partial charge in [-0.3, -0.25) is 10.1 Å². The van der Waals surface area contributed by atoms with Crippen molar-refractivity contribution in [3.8, 4) is 0 Å². The second-order valence-electron chi connectivity index (χ2n) is 4.72. The van der Waals surface area contributed by atoms with E-state index in [9.17, 15) is 10.1 Å². The van der Waals surface area contributed by atoms with Crippen LogP contribution in [0.15, 0.2) is 11.4 Å². The van der Waals surface area contributed by atoms with E-state index < -0.39 is 0 Å².